The smallest absolute Gasteiger partial charge is 0.255 e. The predicted octanol–water partition coefficient (Wildman–Crippen LogP) is 2.64. The maximum atomic E-state index is 12.4. The molecule has 1 saturated carbocycles. The predicted molar refractivity (Wildman–Crippen MR) is 94.5 cm³/mol. The Balaban J connectivity index is 1.97. The lowest BCUT2D eigenvalue weighted by Gasteiger charge is -2.20. The summed E-state index contributed by atoms with van der Waals surface area (Å²) in [6, 6.07) is 5.82. The van der Waals surface area contributed by atoms with Crippen molar-refractivity contribution < 1.29 is 13.2 Å². The molecule has 24 heavy (non-hydrogen) atoms. The van der Waals surface area contributed by atoms with E-state index in [0.717, 1.165) is 29.3 Å². The third kappa shape index (κ3) is 4.78. The maximum absolute atomic E-state index is 12.4. The minimum absolute atomic E-state index is 0.0921. The Morgan fingerprint density at radius 3 is 2.62 bits per heavy atom. The number of hydrazone groups is 1. The highest BCUT2D eigenvalue weighted by molar-refractivity contribution is 7.89. The molecule has 0 spiro atoms. The Hall–Kier alpha value is -1.44. The fourth-order valence-corrected chi connectivity index (χ4v) is 3.83. The summed E-state index contributed by atoms with van der Waals surface area (Å²) in [4.78, 5) is 12.1. The van der Waals surface area contributed by atoms with Gasteiger partial charge in [-0.25, -0.2) is 13.8 Å². The topological polar surface area (TPSA) is 78.8 Å². The first-order valence-electron chi connectivity index (χ1n) is 7.88. The van der Waals surface area contributed by atoms with Gasteiger partial charge in [0.25, 0.3) is 5.91 Å². The first kappa shape index (κ1) is 18.9. The molecule has 0 unspecified atom stereocenters. The van der Waals surface area contributed by atoms with Crippen LogP contribution in [0.5, 0.6) is 0 Å². The molecule has 0 heterocycles. The van der Waals surface area contributed by atoms with Gasteiger partial charge in [0.15, 0.2) is 0 Å². The van der Waals surface area contributed by atoms with E-state index in [1.54, 1.807) is 0 Å². The number of sulfonamides is 1. The number of hydrogen-bond acceptors (Lipinski definition) is 4. The second-order valence-corrected chi connectivity index (χ2v) is 8.48. The van der Waals surface area contributed by atoms with Gasteiger partial charge in [-0.1, -0.05) is 24.9 Å². The Labute approximate surface area is 147 Å². The number of halogens is 1. The van der Waals surface area contributed by atoms with Crippen molar-refractivity contribution >= 4 is 33.2 Å². The van der Waals surface area contributed by atoms with Crippen LogP contribution in [0.2, 0.25) is 5.02 Å². The lowest BCUT2D eigenvalue weighted by atomic mass is 9.89. The summed E-state index contributed by atoms with van der Waals surface area (Å²) in [6.07, 6.45) is 4.19. The number of carbonyl (C=O) groups is 1. The molecule has 8 heteroatoms. The van der Waals surface area contributed by atoms with E-state index >= 15 is 0 Å². The molecule has 0 aromatic heterocycles. The van der Waals surface area contributed by atoms with E-state index in [1.165, 1.54) is 37.7 Å². The normalized spacial score (nSPS) is 20.3. The highest BCUT2D eigenvalue weighted by atomic mass is 35.5. The second kappa shape index (κ2) is 8.09. The number of likely N-dealkylation sites (N-methyl/N-ethyl adjacent to an activating group) is 1. The average Bonchev–Trinajstić information content (AvgIpc) is 2.54. The molecule has 1 amide bonds. The lowest BCUT2D eigenvalue weighted by Crippen LogP contribution is -2.37. The van der Waals surface area contributed by atoms with Crippen molar-refractivity contribution in [3.8, 4) is 0 Å². The first-order chi connectivity index (χ1) is 11.3. The van der Waals surface area contributed by atoms with E-state index < -0.39 is 15.9 Å². The third-order valence-corrected chi connectivity index (χ3v) is 6.17. The van der Waals surface area contributed by atoms with Crippen molar-refractivity contribution in [3.05, 3.63) is 29.3 Å². The van der Waals surface area contributed by atoms with Gasteiger partial charge in [-0.2, -0.15) is 9.41 Å². The summed E-state index contributed by atoms with van der Waals surface area (Å²) in [7, 11) is -2.38. The minimum atomic E-state index is -3.74. The molecule has 0 saturated heterocycles. The van der Waals surface area contributed by atoms with Crippen molar-refractivity contribution in [1.29, 1.82) is 0 Å². The number of rotatable bonds is 5. The molecular weight excluding hydrogens is 350 g/mol. The number of benzene rings is 1. The van der Waals surface area contributed by atoms with Crippen LogP contribution in [0.1, 0.15) is 32.6 Å². The van der Waals surface area contributed by atoms with Crippen LogP contribution >= 0.6 is 11.6 Å². The van der Waals surface area contributed by atoms with Gasteiger partial charge in [0.05, 0.1) is 11.4 Å². The van der Waals surface area contributed by atoms with E-state index in [2.05, 4.69) is 17.5 Å². The maximum Gasteiger partial charge on any atom is 0.255 e. The van der Waals surface area contributed by atoms with Gasteiger partial charge in [0.2, 0.25) is 10.0 Å². The third-order valence-electron chi connectivity index (χ3n) is 4.10. The lowest BCUT2D eigenvalue weighted by molar-refractivity contribution is -0.121. The van der Waals surface area contributed by atoms with Crippen LogP contribution in [0.25, 0.3) is 0 Å². The molecule has 132 valence electrons. The Morgan fingerprint density at radius 2 is 2.00 bits per heavy atom. The molecule has 1 aliphatic carbocycles. The average molecular weight is 372 g/mol. The van der Waals surface area contributed by atoms with Gasteiger partial charge in [-0.05, 0) is 49.4 Å². The number of hydrogen-bond donors (Lipinski definition) is 1. The molecular formula is C16H22ClN3O3S. The van der Waals surface area contributed by atoms with Gasteiger partial charge >= 0.3 is 0 Å². The van der Waals surface area contributed by atoms with Gasteiger partial charge in [0, 0.05) is 17.8 Å². The highest BCUT2D eigenvalue weighted by Crippen LogP contribution is 2.20. The summed E-state index contributed by atoms with van der Waals surface area (Å²) in [5.74, 6) is -0.102. The van der Waals surface area contributed by atoms with Gasteiger partial charge in [0.1, 0.15) is 0 Å². The number of nitrogens with zero attached hydrogens (tertiary/aromatic N) is 2. The summed E-state index contributed by atoms with van der Waals surface area (Å²) in [5, 5.41) is 4.61. The van der Waals surface area contributed by atoms with Crippen LogP contribution in [0.3, 0.4) is 0 Å². The molecule has 1 aliphatic rings. The molecule has 1 atom stereocenters. The van der Waals surface area contributed by atoms with Crippen molar-refractivity contribution in [2.75, 3.05) is 13.6 Å². The summed E-state index contributed by atoms with van der Waals surface area (Å²) in [5.41, 5.74) is 3.44. The van der Waals surface area contributed by atoms with E-state index in [1.807, 2.05) is 0 Å². The fraction of sp³-hybridized carbons (Fsp3) is 0.500. The van der Waals surface area contributed by atoms with E-state index in [4.69, 9.17) is 11.6 Å². The summed E-state index contributed by atoms with van der Waals surface area (Å²) < 4.78 is 25.8. The largest absolute Gasteiger partial charge is 0.272 e. The van der Waals surface area contributed by atoms with Crippen LogP contribution in [-0.4, -0.2) is 37.9 Å². The SMILES string of the molecule is C[C@H]1CCCC/C1=N/NC(=O)CN(C)S(=O)(=O)c1ccc(Cl)cc1. The van der Waals surface area contributed by atoms with Crippen molar-refractivity contribution in [1.82, 2.24) is 9.73 Å². The van der Waals surface area contributed by atoms with Crippen molar-refractivity contribution in [3.63, 3.8) is 0 Å². The number of amides is 1. The quantitative estimate of drug-likeness (QED) is 0.808. The molecule has 1 aromatic carbocycles. The van der Waals surface area contributed by atoms with E-state index in [0.29, 0.717) is 10.9 Å². The van der Waals surface area contributed by atoms with Crippen LogP contribution in [-0.2, 0) is 14.8 Å². The number of carbonyl (C=O) groups excluding carboxylic acids is 1. The van der Waals surface area contributed by atoms with E-state index in [9.17, 15) is 13.2 Å². The Kier molecular flexibility index (Phi) is 6.37. The molecule has 0 aliphatic heterocycles. The molecule has 2 rings (SSSR count). The molecule has 6 nitrogen and oxygen atoms in total. The number of nitrogens with one attached hydrogen (secondary N) is 1. The van der Waals surface area contributed by atoms with Crippen molar-refractivity contribution in [2.24, 2.45) is 11.0 Å². The van der Waals surface area contributed by atoms with E-state index in [-0.39, 0.29) is 11.4 Å². The zero-order valence-corrected chi connectivity index (χ0v) is 15.4. The Morgan fingerprint density at radius 1 is 1.33 bits per heavy atom. The summed E-state index contributed by atoms with van der Waals surface area (Å²) in [6.45, 7) is 1.79. The van der Waals surface area contributed by atoms with Crippen LogP contribution < -0.4 is 5.43 Å². The molecule has 1 fully saturated rings. The van der Waals surface area contributed by atoms with Crippen LogP contribution in [0.15, 0.2) is 34.3 Å². The zero-order chi connectivity index (χ0) is 17.7. The van der Waals surface area contributed by atoms with Crippen LogP contribution in [0.4, 0.5) is 0 Å². The standard InChI is InChI=1S/C16H22ClN3O3S/c1-12-5-3-4-6-15(12)18-19-16(21)11-20(2)24(22,23)14-9-7-13(17)8-10-14/h7-10,12H,3-6,11H2,1-2H3,(H,19,21)/b18-15-/t12-/m0/s1. The van der Waals surface area contributed by atoms with Gasteiger partial charge < -0.3 is 0 Å². The minimum Gasteiger partial charge on any atom is -0.272 e. The molecule has 1 aromatic rings. The molecule has 0 radical (unpaired) electrons. The Bertz CT molecular complexity index is 717. The molecule has 0 bridgehead atoms. The van der Waals surface area contributed by atoms with Crippen LogP contribution in [0, 0.1) is 5.92 Å². The zero-order valence-electron chi connectivity index (χ0n) is 13.8. The monoisotopic (exact) mass is 371 g/mol. The summed E-state index contributed by atoms with van der Waals surface area (Å²) >= 11 is 5.77. The fourth-order valence-electron chi connectivity index (χ4n) is 2.58. The van der Waals surface area contributed by atoms with Crippen molar-refractivity contribution in [2.45, 2.75) is 37.5 Å². The molecule has 1 N–H and O–H groups in total. The van der Waals surface area contributed by atoms with Gasteiger partial charge in [-0.3, -0.25) is 4.79 Å². The second-order valence-electron chi connectivity index (χ2n) is 6.00. The first-order valence-corrected chi connectivity index (χ1v) is 9.69. The van der Waals surface area contributed by atoms with Gasteiger partial charge in [-0.15, -0.1) is 0 Å². The highest BCUT2D eigenvalue weighted by Gasteiger charge is 2.23.